The normalized spacial score (nSPS) is 13.0. The average Bonchev–Trinajstić information content (AvgIpc) is 1.80. The van der Waals surface area contributed by atoms with Gasteiger partial charge < -0.3 is 10.6 Å². The zero-order valence-electron chi connectivity index (χ0n) is 5.37. The maximum absolute atomic E-state index is 5.29. The zero-order chi connectivity index (χ0) is 7.11. The minimum absolute atomic E-state index is 0.0808. The Kier molecular flexibility index (Phi) is 4.56. The predicted octanol–water partition coefficient (Wildman–Crippen LogP) is -0.0308. The maximum Gasteiger partial charge on any atom is 0.177 e. The van der Waals surface area contributed by atoms with Crippen molar-refractivity contribution in [1.29, 1.82) is 0 Å². The second kappa shape index (κ2) is 5.13. The molecule has 0 saturated carbocycles. The minimum atomic E-state index is -0.0808. The van der Waals surface area contributed by atoms with Crippen LogP contribution in [0, 0.1) is 12.3 Å². The molecule has 0 aromatic heterocycles. The summed E-state index contributed by atoms with van der Waals surface area (Å²) < 4.78 is 0. The Morgan fingerprint density at radius 3 is 3.11 bits per heavy atom. The van der Waals surface area contributed by atoms with Gasteiger partial charge in [-0.15, -0.1) is 6.42 Å². The molecular weight excluding hydrogens is 116 g/mol. The first-order valence-corrected chi connectivity index (χ1v) is 2.62. The van der Waals surface area contributed by atoms with E-state index in [-0.39, 0.29) is 12.6 Å². The van der Waals surface area contributed by atoms with Crippen LogP contribution in [-0.2, 0) is 4.84 Å². The largest absolute Gasteiger partial charge is 0.383 e. The molecule has 0 aliphatic heterocycles. The zero-order valence-corrected chi connectivity index (χ0v) is 5.37. The van der Waals surface area contributed by atoms with Gasteiger partial charge in [0.1, 0.15) is 0 Å². The molecule has 0 radical (unpaired) electrons. The highest BCUT2D eigenvalue weighted by Crippen LogP contribution is 1.73. The minimum Gasteiger partial charge on any atom is -0.383 e. The molecule has 0 aliphatic rings. The molecule has 0 aromatic rings. The lowest BCUT2D eigenvalue weighted by molar-refractivity contribution is 0.180. The molecule has 1 unspecified atom stereocenters. The van der Waals surface area contributed by atoms with E-state index < -0.39 is 0 Å². The van der Waals surface area contributed by atoms with E-state index in [0.717, 1.165) is 0 Å². The van der Waals surface area contributed by atoms with E-state index in [9.17, 15) is 0 Å². The van der Waals surface area contributed by atoms with Crippen molar-refractivity contribution in [2.24, 2.45) is 10.9 Å². The molecule has 0 heterocycles. The van der Waals surface area contributed by atoms with Crippen molar-refractivity contribution in [3.63, 3.8) is 0 Å². The lowest BCUT2D eigenvalue weighted by Gasteiger charge is -1.92. The second-order valence-corrected chi connectivity index (χ2v) is 1.59. The predicted molar refractivity (Wildman–Crippen MR) is 36.9 cm³/mol. The Morgan fingerprint density at radius 1 is 2.00 bits per heavy atom. The summed E-state index contributed by atoms with van der Waals surface area (Å²) in [5.41, 5.74) is 5.29. The van der Waals surface area contributed by atoms with E-state index in [2.05, 4.69) is 15.9 Å². The van der Waals surface area contributed by atoms with E-state index in [1.54, 1.807) is 6.92 Å². The summed E-state index contributed by atoms with van der Waals surface area (Å²) in [7, 11) is 0. The van der Waals surface area contributed by atoms with Gasteiger partial charge in [0.2, 0.25) is 0 Å². The summed E-state index contributed by atoms with van der Waals surface area (Å²) in [4.78, 5) is 4.55. The standard InChI is InChI=1S/C6H10N2O/c1-3-4-9-8-5-6(2)7/h1,5-6H,4,7H2,2H3/b8-5+. The summed E-state index contributed by atoms with van der Waals surface area (Å²) in [5.74, 6) is 2.26. The molecule has 0 aliphatic carbocycles. The Morgan fingerprint density at radius 2 is 2.67 bits per heavy atom. The first kappa shape index (κ1) is 7.99. The smallest absolute Gasteiger partial charge is 0.177 e. The number of nitrogens with two attached hydrogens (primary N) is 1. The molecule has 9 heavy (non-hydrogen) atoms. The van der Waals surface area contributed by atoms with Gasteiger partial charge in [-0.25, -0.2) is 0 Å². The van der Waals surface area contributed by atoms with E-state index in [0.29, 0.717) is 0 Å². The number of hydrogen-bond acceptors (Lipinski definition) is 3. The fourth-order valence-electron chi connectivity index (χ4n) is 0.214. The number of hydrogen-bond donors (Lipinski definition) is 1. The fourth-order valence-corrected chi connectivity index (χ4v) is 0.214. The van der Waals surface area contributed by atoms with Gasteiger partial charge in [0.25, 0.3) is 0 Å². The summed E-state index contributed by atoms with van der Waals surface area (Å²) in [6.07, 6.45) is 6.35. The summed E-state index contributed by atoms with van der Waals surface area (Å²) in [6, 6.07) is -0.0808. The van der Waals surface area contributed by atoms with Gasteiger partial charge in [-0.05, 0) is 6.92 Å². The van der Waals surface area contributed by atoms with E-state index in [4.69, 9.17) is 12.2 Å². The highest BCUT2D eigenvalue weighted by molar-refractivity contribution is 5.62. The second-order valence-electron chi connectivity index (χ2n) is 1.59. The molecule has 1 atom stereocenters. The number of nitrogens with zero attached hydrogens (tertiary/aromatic N) is 1. The summed E-state index contributed by atoms with van der Waals surface area (Å²) in [6.45, 7) is 1.99. The Hall–Kier alpha value is -1.01. The first-order valence-electron chi connectivity index (χ1n) is 2.62. The van der Waals surface area contributed by atoms with Crippen LogP contribution in [-0.4, -0.2) is 18.9 Å². The van der Waals surface area contributed by atoms with Crippen molar-refractivity contribution in [3.05, 3.63) is 0 Å². The average molecular weight is 126 g/mol. The Bertz CT molecular complexity index is 124. The Labute approximate surface area is 54.9 Å². The maximum atomic E-state index is 5.29. The third-order valence-electron chi connectivity index (χ3n) is 0.518. The van der Waals surface area contributed by atoms with Crippen LogP contribution < -0.4 is 5.73 Å². The molecule has 0 rings (SSSR count). The number of terminal acetylenes is 1. The van der Waals surface area contributed by atoms with Gasteiger partial charge in [-0.3, -0.25) is 0 Å². The fraction of sp³-hybridized carbons (Fsp3) is 0.500. The van der Waals surface area contributed by atoms with Crippen LogP contribution in [0.5, 0.6) is 0 Å². The van der Waals surface area contributed by atoms with Crippen LogP contribution in [0.2, 0.25) is 0 Å². The third kappa shape index (κ3) is 6.99. The van der Waals surface area contributed by atoms with Gasteiger partial charge in [0, 0.05) is 6.04 Å². The van der Waals surface area contributed by atoms with Crippen LogP contribution >= 0.6 is 0 Å². The lowest BCUT2D eigenvalue weighted by atomic mass is 10.4. The topological polar surface area (TPSA) is 47.6 Å². The molecule has 0 saturated heterocycles. The number of oxime groups is 1. The molecular formula is C6H10N2O. The van der Waals surface area contributed by atoms with Crippen molar-refractivity contribution in [3.8, 4) is 12.3 Å². The van der Waals surface area contributed by atoms with Crippen molar-refractivity contribution >= 4 is 6.21 Å². The molecule has 3 nitrogen and oxygen atoms in total. The molecule has 50 valence electrons. The van der Waals surface area contributed by atoms with Gasteiger partial charge in [-0.2, -0.15) is 0 Å². The lowest BCUT2D eigenvalue weighted by Crippen LogP contribution is -2.16. The van der Waals surface area contributed by atoms with Crippen molar-refractivity contribution in [2.45, 2.75) is 13.0 Å². The van der Waals surface area contributed by atoms with E-state index in [1.807, 2.05) is 0 Å². The van der Waals surface area contributed by atoms with E-state index in [1.165, 1.54) is 6.21 Å². The third-order valence-corrected chi connectivity index (χ3v) is 0.518. The molecule has 0 bridgehead atoms. The van der Waals surface area contributed by atoms with Crippen LogP contribution in [0.1, 0.15) is 6.92 Å². The van der Waals surface area contributed by atoms with Crippen molar-refractivity contribution in [1.82, 2.24) is 0 Å². The van der Waals surface area contributed by atoms with Gasteiger partial charge >= 0.3 is 0 Å². The van der Waals surface area contributed by atoms with Crippen molar-refractivity contribution < 1.29 is 4.84 Å². The highest BCUT2D eigenvalue weighted by Gasteiger charge is 1.82. The molecule has 2 N–H and O–H groups in total. The van der Waals surface area contributed by atoms with Gasteiger partial charge in [-0.1, -0.05) is 11.1 Å². The Balaban J connectivity index is 3.17. The molecule has 3 heteroatoms. The molecule has 0 amide bonds. The van der Waals surface area contributed by atoms with Crippen LogP contribution in [0.15, 0.2) is 5.16 Å². The number of rotatable bonds is 3. The highest BCUT2D eigenvalue weighted by atomic mass is 16.6. The van der Waals surface area contributed by atoms with Crippen LogP contribution in [0.4, 0.5) is 0 Å². The quantitative estimate of drug-likeness (QED) is 0.250. The van der Waals surface area contributed by atoms with Gasteiger partial charge in [0.15, 0.2) is 6.61 Å². The van der Waals surface area contributed by atoms with Crippen molar-refractivity contribution in [2.75, 3.05) is 6.61 Å². The van der Waals surface area contributed by atoms with Gasteiger partial charge in [0.05, 0.1) is 6.21 Å². The van der Waals surface area contributed by atoms with Crippen LogP contribution in [0.3, 0.4) is 0 Å². The molecule has 0 spiro atoms. The monoisotopic (exact) mass is 126 g/mol. The molecule has 0 fully saturated rings. The first-order chi connectivity index (χ1) is 4.27. The SMILES string of the molecule is C#CCO/N=C/C(C)N. The molecule has 0 aromatic carbocycles. The van der Waals surface area contributed by atoms with Crippen LogP contribution in [0.25, 0.3) is 0 Å². The van der Waals surface area contributed by atoms with E-state index >= 15 is 0 Å². The summed E-state index contributed by atoms with van der Waals surface area (Å²) in [5, 5.41) is 3.47. The summed E-state index contributed by atoms with van der Waals surface area (Å²) >= 11 is 0.